The van der Waals surface area contributed by atoms with Crippen molar-refractivity contribution in [3.63, 3.8) is 0 Å². The number of ether oxygens (including phenoxy) is 1. The molecule has 0 spiro atoms. The number of hydrogen-bond donors (Lipinski definition) is 2. The van der Waals surface area contributed by atoms with E-state index in [0.717, 1.165) is 12.6 Å². The fourth-order valence-electron chi connectivity index (χ4n) is 2.90. The van der Waals surface area contributed by atoms with Crippen molar-refractivity contribution >= 4 is 23.2 Å². The average Bonchev–Trinajstić information content (AvgIpc) is 3.01. The van der Waals surface area contributed by atoms with Crippen molar-refractivity contribution < 1.29 is 18.3 Å². The lowest BCUT2D eigenvalue weighted by molar-refractivity contribution is -0.114. The Morgan fingerprint density at radius 2 is 1.97 bits per heavy atom. The van der Waals surface area contributed by atoms with Crippen LogP contribution in [0.1, 0.15) is 31.1 Å². The molecule has 3 aromatic rings. The lowest BCUT2D eigenvalue weighted by Crippen LogP contribution is -2.14. The number of carbonyl (C=O) groups excluding carboxylic acids is 1. The monoisotopic (exact) mass is 431 g/mol. The summed E-state index contributed by atoms with van der Waals surface area (Å²) >= 11 is 0. The van der Waals surface area contributed by atoms with Crippen molar-refractivity contribution in [2.45, 2.75) is 33.3 Å². The molecule has 0 aromatic carbocycles. The maximum atomic E-state index is 13.8. The van der Waals surface area contributed by atoms with E-state index in [2.05, 4.69) is 30.7 Å². The number of rotatable bonds is 7. The first kappa shape index (κ1) is 22.2. The van der Waals surface area contributed by atoms with Gasteiger partial charge in [0.1, 0.15) is 11.6 Å². The minimum atomic E-state index is -3.19. The van der Waals surface area contributed by atoms with Crippen molar-refractivity contribution in [1.82, 2.24) is 24.7 Å². The molecule has 9 nitrogen and oxygen atoms in total. The predicted molar refractivity (Wildman–Crippen MR) is 111 cm³/mol. The minimum absolute atomic E-state index is 0.179. The quantitative estimate of drug-likeness (QED) is 0.589. The first-order valence-corrected chi connectivity index (χ1v) is 9.37. The zero-order valence-corrected chi connectivity index (χ0v) is 17.8. The van der Waals surface area contributed by atoms with Gasteiger partial charge in [0.2, 0.25) is 11.7 Å². The van der Waals surface area contributed by atoms with E-state index in [1.807, 2.05) is 6.07 Å². The largest absolute Gasteiger partial charge is 0.378 e. The molecule has 0 aliphatic carbocycles. The van der Waals surface area contributed by atoms with Crippen LogP contribution in [0.2, 0.25) is 0 Å². The number of aromatic nitrogens is 5. The smallest absolute Gasteiger partial charge is 0.303 e. The number of carbonyl (C=O) groups is 1. The van der Waals surface area contributed by atoms with Crippen LogP contribution in [0.4, 0.5) is 26.1 Å². The number of amides is 1. The minimum Gasteiger partial charge on any atom is -0.378 e. The highest BCUT2D eigenvalue weighted by atomic mass is 19.3. The summed E-state index contributed by atoms with van der Waals surface area (Å²) in [7, 11) is 3.37. The molecule has 0 aliphatic rings. The van der Waals surface area contributed by atoms with Crippen molar-refractivity contribution in [1.29, 1.82) is 0 Å². The SMILES string of the molecule is COCc1cc(-c2cnc(NC(C)=O)cc2Nc2cc(C)nc(C(C)(F)F)n2)nn1C. The Balaban J connectivity index is 2.08. The van der Waals surface area contributed by atoms with Gasteiger partial charge in [0.05, 0.1) is 23.7 Å². The molecule has 3 rings (SSSR count). The molecule has 0 bridgehead atoms. The van der Waals surface area contributed by atoms with Gasteiger partial charge >= 0.3 is 5.92 Å². The highest BCUT2D eigenvalue weighted by Gasteiger charge is 2.29. The van der Waals surface area contributed by atoms with E-state index < -0.39 is 11.7 Å². The van der Waals surface area contributed by atoms with Crippen molar-refractivity contribution in [2.24, 2.45) is 7.05 Å². The van der Waals surface area contributed by atoms with Crippen LogP contribution in [0.5, 0.6) is 0 Å². The molecule has 0 radical (unpaired) electrons. The molecule has 0 atom stereocenters. The van der Waals surface area contributed by atoms with Crippen molar-refractivity contribution in [3.05, 3.63) is 41.6 Å². The Hall–Kier alpha value is -3.47. The number of pyridine rings is 1. The van der Waals surface area contributed by atoms with Gasteiger partial charge in [-0.15, -0.1) is 0 Å². The zero-order chi connectivity index (χ0) is 22.8. The summed E-state index contributed by atoms with van der Waals surface area (Å²) in [6.45, 7) is 4.07. The molecule has 1 amide bonds. The summed E-state index contributed by atoms with van der Waals surface area (Å²) < 4.78 is 34.4. The van der Waals surface area contributed by atoms with Crippen LogP contribution in [-0.4, -0.2) is 37.7 Å². The number of anilines is 3. The summed E-state index contributed by atoms with van der Waals surface area (Å²) in [6.07, 6.45) is 1.54. The third-order valence-electron chi connectivity index (χ3n) is 4.26. The van der Waals surface area contributed by atoms with E-state index in [-0.39, 0.29) is 11.7 Å². The number of aryl methyl sites for hydroxylation is 2. The highest BCUT2D eigenvalue weighted by molar-refractivity contribution is 5.89. The van der Waals surface area contributed by atoms with E-state index in [4.69, 9.17) is 4.74 Å². The molecule has 164 valence electrons. The fraction of sp³-hybridized carbons (Fsp3) is 0.350. The van der Waals surface area contributed by atoms with Crippen LogP contribution in [-0.2, 0) is 29.1 Å². The van der Waals surface area contributed by atoms with E-state index in [1.54, 1.807) is 37.9 Å². The maximum absolute atomic E-state index is 13.8. The Labute approximate surface area is 177 Å². The maximum Gasteiger partial charge on any atom is 0.303 e. The molecule has 0 saturated carbocycles. The molecule has 0 fully saturated rings. The molecule has 2 N–H and O–H groups in total. The number of halogens is 2. The lowest BCUT2D eigenvalue weighted by atomic mass is 10.1. The third kappa shape index (κ3) is 5.37. The molecular weight excluding hydrogens is 408 g/mol. The number of hydrogen-bond acceptors (Lipinski definition) is 7. The Bertz CT molecular complexity index is 1110. The molecule has 0 aliphatic heterocycles. The summed E-state index contributed by atoms with van der Waals surface area (Å²) in [5, 5.41) is 10.1. The molecule has 31 heavy (non-hydrogen) atoms. The van der Waals surface area contributed by atoms with Crippen LogP contribution < -0.4 is 10.6 Å². The van der Waals surface area contributed by atoms with Crippen LogP contribution in [0, 0.1) is 6.92 Å². The van der Waals surface area contributed by atoms with E-state index in [0.29, 0.717) is 35.1 Å². The molecule has 3 aromatic heterocycles. The summed E-state index contributed by atoms with van der Waals surface area (Å²) in [5.74, 6) is -3.61. The molecular formula is C20H23F2N7O2. The number of nitrogens with zero attached hydrogens (tertiary/aromatic N) is 5. The van der Waals surface area contributed by atoms with Gasteiger partial charge in [-0.1, -0.05) is 0 Å². The van der Waals surface area contributed by atoms with Gasteiger partial charge in [0.25, 0.3) is 0 Å². The van der Waals surface area contributed by atoms with Gasteiger partial charge in [0, 0.05) is 57.6 Å². The van der Waals surface area contributed by atoms with Crippen LogP contribution >= 0.6 is 0 Å². The van der Waals surface area contributed by atoms with Gasteiger partial charge in [-0.2, -0.15) is 13.9 Å². The number of nitrogens with one attached hydrogen (secondary N) is 2. The first-order chi connectivity index (χ1) is 14.6. The average molecular weight is 431 g/mol. The molecule has 0 unspecified atom stereocenters. The Morgan fingerprint density at radius 1 is 1.23 bits per heavy atom. The van der Waals surface area contributed by atoms with E-state index >= 15 is 0 Å². The second-order valence-corrected chi connectivity index (χ2v) is 7.11. The third-order valence-corrected chi connectivity index (χ3v) is 4.26. The lowest BCUT2D eigenvalue weighted by Gasteiger charge is -2.15. The van der Waals surface area contributed by atoms with Crippen LogP contribution in [0.15, 0.2) is 24.4 Å². The van der Waals surface area contributed by atoms with Gasteiger partial charge in [-0.05, 0) is 13.0 Å². The van der Waals surface area contributed by atoms with Gasteiger partial charge in [0.15, 0.2) is 0 Å². The summed E-state index contributed by atoms with van der Waals surface area (Å²) in [5.41, 5.74) is 2.87. The number of methoxy groups -OCH3 is 1. The second-order valence-electron chi connectivity index (χ2n) is 7.11. The standard InChI is InChI=1S/C20H23F2N7O2/c1-11-6-18(27-19(24-11)20(3,21)22)26-15-8-17(25-12(2)30)23-9-14(15)16-7-13(10-31-5)29(4)28-16/h6-9H,10H2,1-5H3,(H2,23,24,25,26,27,30). The summed E-state index contributed by atoms with van der Waals surface area (Å²) in [6, 6.07) is 4.97. The Kier molecular flexibility index (Phi) is 6.25. The first-order valence-electron chi connectivity index (χ1n) is 9.37. The zero-order valence-electron chi connectivity index (χ0n) is 17.8. The van der Waals surface area contributed by atoms with Crippen LogP contribution in [0.3, 0.4) is 0 Å². The van der Waals surface area contributed by atoms with Gasteiger partial charge in [-0.3, -0.25) is 9.48 Å². The molecule has 3 heterocycles. The van der Waals surface area contributed by atoms with Gasteiger partial charge in [-0.25, -0.2) is 15.0 Å². The normalized spacial score (nSPS) is 11.5. The topological polar surface area (TPSA) is 107 Å². The molecule has 11 heteroatoms. The fourth-order valence-corrected chi connectivity index (χ4v) is 2.90. The number of alkyl halides is 2. The van der Waals surface area contributed by atoms with Crippen LogP contribution in [0.25, 0.3) is 11.3 Å². The highest BCUT2D eigenvalue weighted by Crippen LogP contribution is 2.32. The van der Waals surface area contributed by atoms with Crippen molar-refractivity contribution in [3.8, 4) is 11.3 Å². The van der Waals surface area contributed by atoms with E-state index in [1.165, 1.54) is 13.1 Å². The van der Waals surface area contributed by atoms with E-state index in [9.17, 15) is 13.6 Å². The van der Waals surface area contributed by atoms with Crippen molar-refractivity contribution in [2.75, 3.05) is 17.7 Å². The van der Waals surface area contributed by atoms with Gasteiger partial charge < -0.3 is 15.4 Å². The predicted octanol–water partition coefficient (Wildman–Crippen LogP) is 3.54. The second kappa shape index (κ2) is 8.72. The molecule has 0 saturated heterocycles. The Morgan fingerprint density at radius 3 is 2.61 bits per heavy atom. The summed E-state index contributed by atoms with van der Waals surface area (Å²) in [4.78, 5) is 23.5.